The Morgan fingerprint density at radius 3 is 2.48 bits per heavy atom. The van der Waals surface area contributed by atoms with Crippen LogP contribution in [0.4, 0.5) is 0 Å². The molecular weight excluding hydrogens is 568 g/mol. The molecule has 1 aromatic carbocycles. The van der Waals surface area contributed by atoms with Gasteiger partial charge in [0.05, 0.1) is 24.2 Å². The molecule has 7 rings (SSSR count). The second kappa shape index (κ2) is 11.6. The topological polar surface area (TPSA) is 170 Å². The van der Waals surface area contributed by atoms with Crippen molar-refractivity contribution >= 4 is 46.4 Å². The minimum Gasteiger partial charge on any atom is -0.477 e. The van der Waals surface area contributed by atoms with Crippen LogP contribution in [0.15, 0.2) is 45.7 Å². The molecule has 0 unspecified atom stereocenters. The van der Waals surface area contributed by atoms with Gasteiger partial charge in [-0.3, -0.25) is 14.2 Å². The summed E-state index contributed by atoms with van der Waals surface area (Å²) in [7, 11) is 3.11. The molecule has 0 atom stereocenters. The first-order valence-corrected chi connectivity index (χ1v) is 13.8. The second-order valence-electron chi connectivity index (χ2n) is 10.9. The fourth-order valence-corrected chi connectivity index (χ4v) is 6.11. The average Bonchev–Trinajstić information content (AvgIpc) is 3.60. The standard InChI is InChI=1S/C19H22N4O5.C9H9ClN2O2/c1-28-17(27)19-6-3-18(4-7-19,5-8-19)11-20-15(24)13-10-12(16(25)26)22-14-2-9-21-23(13)14;1-12-7-4-6(5-11-10)2-3-8(7)14-9(12)13/h2,9-10H,3-8,11H2,1H3,(H,20,24)(H,25,26);2-4,11H,5H2,1H3. The third kappa shape index (κ3) is 5.49. The van der Waals surface area contributed by atoms with Crippen LogP contribution in [0.3, 0.4) is 0 Å². The highest BCUT2D eigenvalue weighted by Crippen LogP contribution is 2.57. The van der Waals surface area contributed by atoms with E-state index in [2.05, 4.69) is 20.2 Å². The molecule has 42 heavy (non-hydrogen) atoms. The molecule has 0 spiro atoms. The molecule has 3 N–H and O–H groups in total. The van der Waals surface area contributed by atoms with Gasteiger partial charge in [-0.25, -0.2) is 23.9 Å². The summed E-state index contributed by atoms with van der Waals surface area (Å²) in [6.45, 7) is 1.04. The molecule has 14 heteroatoms. The molecule has 3 aliphatic rings. The van der Waals surface area contributed by atoms with E-state index in [1.807, 2.05) is 12.1 Å². The third-order valence-electron chi connectivity index (χ3n) is 8.58. The minimum atomic E-state index is -1.20. The molecule has 13 nitrogen and oxygen atoms in total. The number of amides is 1. The Morgan fingerprint density at radius 1 is 1.12 bits per heavy atom. The highest BCUT2D eigenvalue weighted by Gasteiger charge is 2.53. The van der Waals surface area contributed by atoms with Crippen molar-refractivity contribution in [2.24, 2.45) is 17.9 Å². The molecule has 4 aromatic rings. The van der Waals surface area contributed by atoms with Gasteiger partial charge >= 0.3 is 17.7 Å². The summed E-state index contributed by atoms with van der Waals surface area (Å²) in [5.41, 5.74) is 2.23. The first kappa shape index (κ1) is 29.3. The Morgan fingerprint density at radius 2 is 1.83 bits per heavy atom. The number of fused-ring (bicyclic) bond motifs is 5. The molecular formula is C28H31ClN6O7. The normalized spacial score (nSPS) is 21.1. The average molecular weight is 599 g/mol. The van der Waals surface area contributed by atoms with Crippen molar-refractivity contribution in [1.29, 1.82) is 0 Å². The number of esters is 1. The Kier molecular flexibility index (Phi) is 8.06. The molecule has 3 heterocycles. The van der Waals surface area contributed by atoms with Crippen molar-refractivity contribution in [3.05, 3.63) is 64.0 Å². The van der Waals surface area contributed by atoms with Crippen molar-refractivity contribution in [3.63, 3.8) is 0 Å². The lowest BCUT2D eigenvalue weighted by atomic mass is 9.53. The van der Waals surface area contributed by atoms with Gasteiger partial charge in [-0.05, 0) is 73.4 Å². The number of methoxy groups -OCH3 is 1. The van der Waals surface area contributed by atoms with Crippen molar-refractivity contribution in [2.45, 2.75) is 45.1 Å². The zero-order valence-electron chi connectivity index (χ0n) is 23.2. The van der Waals surface area contributed by atoms with Crippen LogP contribution in [0.1, 0.15) is 65.1 Å². The van der Waals surface area contributed by atoms with E-state index in [9.17, 15) is 24.3 Å². The number of aryl methyl sites for hydroxylation is 1. The van der Waals surface area contributed by atoms with E-state index in [4.69, 9.17) is 20.9 Å². The quantitative estimate of drug-likeness (QED) is 0.212. The lowest BCUT2D eigenvalue weighted by Gasteiger charge is -2.51. The summed E-state index contributed by atoms with van der Waals surface area (Å²) in [4.78, 5) is 53.9. The van der Waals surface area contributed by atoms with Gasteiger partial charge in [0.2, 0.25) is 0 Å². The maximum Gasteiger partial charge on any atom is 0.419 e. The number of rotatable bonds is 7. The molecule has 0 saturated heterocycles. The van der Waals surface area contributed by atoms with Crippen molar-refractivity contribution in [1.82, 2.24) is 29.3 Å². The van der Waals surface area contributed by atoms with Gasteiger partial charge in [-0.2, -0.15) is 5.10 Å². The van der Waals surface area contributed by atoms with Gasteiger partial charge in [0.15, 0.2) is 16.9 Å². The number of hydrogen-bond acceptors (Lipinski definition) is 9. The molecule has 3 aromatic heterocycles. The van der Waals surface area contributed by atoms with Gasteiger partial charge in [-0.15, -0.1) is 0 Å². The smallest absolute Gasteiger partial charge is 0.419 e. The Balaban J connectivity index is 0.000000211. The predicted octanol–water partition coefficient (Wildman–Crippen LogP) is 3.05. The monoisotopic (exact) mass is 598 g/mol. The number of halogens is 1. The SMILES string of the molecule is COC(=O)C12CCC(CNC(=O)c3cc(C(=O)O)nc4ccnn34)(CC1)CC2.Cn1c(=O)oc2ccc(CNCl)cc21. The molecule has 1 amide bonds. The minimum absolute atomic E-state index is 0.0304. The van der Waals surface area contributed by atoms with Crippen LogP contribution < -0.4 is 15.9 Å². The summed E-state index contributed by atoms with van der Waals surface area (Å²) < 4.78 is 12.8. The van der Waals surface area contributed by atoms with Crippen LogP contribution in [-0.2, 0) is 23.1 Å². The fourth-order valence-electron chi connectivity index (χ4n) is 5.95. The highest BCUT2D eigenvalue weighted by molar-refractivity contribution is 6.13. The number of ether oxygens (including phenoxy) is 1. The Hall–Kier alpha value is -4.23. The summed E-state index contributed by atoms with van der Waals surface area (Å²) in [6, 6.07) is 8.28. The molecule has 3 aliphatic carbocycles. The Labute approximate surface area is 244 Å². The van der Waals surface area contributed by atoms with E-state index in [0.29, 0.717) is 24.3 Å². The number of nitrogens with zero attached hydrogens (tertiary/aromatic N) is 4. The van der Waals surface area contributed by atoms with Crippen LogP contribution in [0.2, 0.25) is 0 Å². The number of carboxylic acid groups (broad SMARTS) is 1. The maximum absolute atomic E-state index is 12.8. The van der Waals surface area contributed by atoms with Crippen LogP contribution >= 0.6 is 11.8 Å². The predicted molar refractivity (Wildman–Crippen MR) is 151 cm³/mol. The van der Waals surface area contributed by atoms with Crippen molar-refractivity contribution in [2.75, 3.05) is 13.7 Å². The molecule has 222 valence electrons. The Bertz CT molecular complexity index is 1700. The first-order valence-electron chi connectivity index (χ1n) is 13.5. The van der Waals surface area contributed by atoms with Crippen molar-refractivity contribution in [3.8, 4) is 0 Å². The zero-order chi connectivity index (χ0) is 30.1. The fraction of sp³-hybridized carbons (Fsp3) is 0.429. The molecule has 3 fully saturated rings. The first-order chi connectivity index (χ1) is 20.1. The van der Waals surface area contributed by atoms with E-state index in [0.717, 1.165) is 49.6 Å². The summed E-state index contributed by atoms with van der Waals surface area (Å²) in [6.07, 6.45) is 6.37. The van der Waals surface area contributed by atoms with Crippen LogP contribution in [0.25, 0.3) is 16.7 Å². The van der Waals surface area contributed by atoms with E-state index in [1.54, 1.807) is 19.2 Å². The summed E-state index contributed by atoms with van der Waals surface area (Å²) in [5.74, 6) is -2.06. The van der Waals surface area contributed by atoms with Gasteiger partial charge in [0.1, 0.15) is 5.69 Å². The lowest BCUT2D eigenvalue weighted by molar-refractivity contribution is -0.162. The van der Waals surface area contributed by atoms with E-state index in [-0.39, 0.29) is 39.9 Å². The number of carbonyl (C=O) groups is 3. The van der Waals surface area contributed by atoms with Crippen LogP contribution in [-0.4, -0.2) is 55.8 Å². The lowest BCUT2D eigenvalue weighted by Crippen LogP contribution is -2.50. The van der Waals surface area contributed by atoms with Crippen LogP contribution in [0.5, 0.6) is 0 Å². The molecule has 0 radical (unpaired) electrons. The van der Waals surface area contributed by atoms with Gasteiger partial charge in [0.25, 0.3) is 5.91 Å². The van der Waals surface area contributed by atoms with E-state index < -0.39 is 5.97 Å². The van der Waals surface area contributed by atoms with Gasteiger partial charge in [-0.1, -0.05) is 6.07 Å². The van der Waals surface area contributed by atoms with Gasteiger partial charge in [0, 0.05) is 32.3 Å². The number of benzene rings is 1. The van der Waals surface area contributed by atoms with Crippen LogP contribution in [0, 0.1) is 10.8 Å². The third-order valence-corrected chi connectivity index (χ3v) is 8.72. The number of oxazole rings is 1. The van der Waals surface area contributed by atoms with Gasteiger partial charge < -0.3 is 19.6 Å². The number of hydrogen-bond donors (Lipinski definition) is 3. The second-order valence-corrected chi connectivity index (χ2v) is 11.2. The molecule has 3 saturated carbocycles. The molecule has 0 aliphatic heterocycles. The molecule has 2 bridgehead atoms. The number of carbonyl (C=O) groups excluding carboxylic acids is 2. The number of nitrogens with one attached hydrogen (secondary N) is 2. The van der Waals surface area contributed by atoms with E-state index in [1.165, 1.54) is 28.5 Å². The zero-order valence-corrected chi connectivity index (χ0v) is 23.9. The van der Waals surface area contributed by atoms with Crippen molar-refractivity contribution < 1.29 is 28.6 Å². The largest absolute Gasteiger partial charge is 0.477 e. The summed E-state index contributed by atoms with van der Waals surface area (Å²) >= 11 is 5.39. The number of aromatic nitrogens is 4. The summed E-state index contributed by atoms with van der Waals surface area (Å²) in [5, 5.41) is 16.3. The van der Waals surface area contributed by atoms with E-state index >= 15 is 0 Å². The number of carboxylic acids is 1. The number of aromatic carboxylic acids is 1. The highest BCUT2D eigenvalue weighted by atomic mass is 35.5. The maximum atomic E-state index is 12.8.